The fourth-order valence-corrected chi connectivity index (χ4v) is 5.22. The minimum Gasteiger partial charge on any atom is -0.353 e. The van der Waals surface area contributed by atoms with E-state index in [1.807, 2.05) is 6.92 Å². The van der Waals surface area contributed by atoms with Gasteiger partial charge >= 0.3 is 0 Å². The van der Waals surface area contributed by atoms with Crippen LogP contribution in [-0.4, -0.2) is 38.7 Å². The predicted octanol–water partition coefficient (Wildman–Crippen LogP) is 2.15. The lowest BCUT2D eigenvalue weighted by atomic mass is 10.1. The summed E-state index contributed by atoms with van der Waals surface area (Å²) in [5, 5.41) is 6.36. The third-order valence-electron chi connectivity index (χ3n) is 4.30. The highest BCUT2D eigenvalue weighted by molar-refractivity contribution is 7.93. The van der Waals surface area contributed by atoms with Gasteiger partial charge in [-0.3, -0.25) is 4.79 Å². The highest BCUT2D eigenvalue weighted by atomic mass is 35.5. The molecule has 1 aromatic rings. The largest absolute Gasteiger partial charge is 0.353 e. The van der Waals surface area contributed by atoms with Crippen molar-refractivity contribution in [3.63, 3.8) is 0 Å². The van der Waals surface area contributed by atoms with Gasteiger partial charge in [-0.1, -0.05) is 31.4 Å². The maximum absolute atomic E-state index is 13.1. The number of halogens is 1. The van der Waals surface area contributed by atoms with Crippen molar-refractivity contribution >= 4 is 27.3 Å². The Labute approximate surface area is 142 Å². The molecule has 1 saturated carbocycles. The SMILES string of the molecule is CCNCCNC(=O)C1(S(=O)(=O)c2ccc(Cl)cc2)CCCC1. The van der Waals surface area contributed by atoms with Crippen molar-refractivity contribution < 1.29 is 13.2 Å². The second-order valence-electron chi connectivity index (χ2n) is 5.77. The first-order valence-corrected chi connectivity index (χ1v) is 9.79. The molecule has 128 valence electrons. The van der Waals surface area contributed by atoms with E-state index in [4.69, 9.17) is 11.6 Å². The van der Waals surface area contributed by atoms with E-state index in [-0.39, 0.29) is 10.8 Å². The number of carbonyl (C=O) groups is 1. The lowest BCUT2D eigenvalue weighted by Gasteiger charge is -2.27. The molecule has 2 N–H and O–H groups in total. The van der Waals surface area contributed by atoms with Gasteiger partial charge in [0.2, 0.25) is 5.91 Å². The Hall–Kier alpha value is -1.11. The Kier molecular flexibility index (Phi) is 6.06. The predicted molar refractivity (Wildman–Crippen MR) is 91.4 cm³/mol. The maximum Gasteiger partial charge on any atom is 0.241 e. The van der Waals surface area contributed by atoms with E-state index in [1.54, 1.807) is 12.1 Å². The van der Waals surface area contributed by atoms with E-state index in [1.165, 1.54) is 12.1 Å². The van der Waals surface area contributed by atoms with Gasteiger partial charge in [0.25, 0.3) is 0 Å². The molecular formula is C16H23ClN2O3S. The molecule has 5 nitrogen and oxygen atoms in total. The summed E-state index contributed by atoms with van der Waals surface area (Å²) in [7, 11) is -3.75. The lowest BCUT2D eigenvalue weighted by molar-refractivity contribution is -0.123. The van der Waals surface area contributed by atoms with E-state index in [0.29, 0.717) is 31.0 Å². The normalized spacial score (nSPS) is 17.1. The van der Waals surface area contributed by atoms with Crippen LogP contribution in [0.25, 0.3) is 0 Å². The minimum atomic E-state index is -3.75. The Morgan fingerprint density at radius 2 is 1.78 bits per heavy atom. The molecule has 1 fully saturated rings. The van der Waals surface area contributed by atoms with E-state index in [0.717, 1.165) is 19.4 Å². The molecule has 0 saturated heterocycles. The van der Waals surface area contributed by atoms with Gasteiger partial charge in [-0.25, -0.2) is 8.42 Å². The smallest absolute Gasteiger partial charge is 0.241 e. The highest BCUT2D eigenvalue weighted by Crippen LogP contribution is 2.40. The topological polar surface area (TPSA) is 75.3 Å². The van der Waals surface area contributed by atoms with Gasteiger partial charge in [-0.15, -0.1) is 0 Å². The number of likely N-dealkylation sites (N-methyl/N-ethyl adjacent to an activating group) is 1. The minimum absolute atomic E-state index is 0.158. The van der Waals surface area contributed by atoms with Crippen LogP contribution in [0.3, 0.4) is 0 Å². The summed E-state index contributed by atoms with van der Waals surface area (Å²) in [4.78, 5) is 12.8. The molecule has 0 unspecified atom stereocenters. The van der Waals surface area contributed by atoms with Crippen molar-refractivity contribution in [2.45, 2.75) is 42.2 Å². The molecule has 0 heterocycles. The average molecular weight is 359 g/mol. The number of hydrogen-bond acceptors (Lipinski definition) is 4. The zero-order valence-electron chi connectivity index (χ0n) is 13.3. The van der Waals surface area contributed by atoms with E-state index < -0.39 is 14.6 Å². The highest BCUT2D eigenvalue weighted by Gasteiger charge is 2.52. The van der Waals surface area contributed by atoms with Gasteiger partial charge in [0.05, 0.1) is 4.90 Å². The molecule has 1 aliphatic rings. The van der Waals surface area contributed by atoms with Crippen molar-refractivity contribution in [1.82, 2.24) is 10.6 Å². The molecule has 1 aliphatic carbocycles. The van der Waals surface area contributed by atoms with Gasteiger partial charge in [-0.2, -0.15) is 0 Å². The molecule has 0 atom stereocenters. The van der Waals surface area contributed by atoms with Crippen molar-refractivity contribution in [2.24, 2.45) is 0 Å². The zero-order valence-corrected chi connectivity index (χ0v) is 14.8. The summed E-state index contributed by atoms with van der Waals surface area (Å²) in [6.07, 6.45) is 2.22. The number of sulfone groups is 1. The summed E-state index contributed by atoms with van der Waals surface area (Å²) >= 11 is 5.84. The van der Waals surface area contributed by atoms with Crippen molar-refractivity contribution in [3.05, 3.63) is 29.3 Å². The van der Waals surface area contributed by atoms with Gasteiger partial charge in [0.15, 0.2) is 14.6 Å². The van der Waals surface area contributed by atoms with Crippen LogP contribution in [0.1, 0.15) is 32.6 Å². The number of benzene rings is 1. The Morgan fingerprint density at radius 1 is 1.17 bits per heavy atom. The molecule has 0 aromatic heterocycles. The van der Waals surface area contributed by atoms with Crippen LogP contribution in [0.2, 0.25) is 5.02 Å². The molecule has 23 heavy (non-hydrogen) atoms. The molecule has 1 aromatic carbocycles. The average Bonchev–Trinajstić information content (AvgIpc) is 3.03. The second-order valence-corrected chi connectivity index (χ2v) is 8.46. The summed E-state index contributed by atoms with van der Waals surface area (Å²) < 4.78 is 24.8. The first kappa shape index (κ1) is 18.2. The molecule has 1 amide bonds. The van der Waals surface area contributed by atoms with Gasteiger partial charge in [-0.05, 0) is 43.7 Å². The number of nitrogens with one attached hydrogen (secondary N) is 2. The first-order valence-electron chi connectivity index (χ1n) is 7.93. The van der Waals surface area contributed by atoms with Crippen molar-refractivity contribution in [2.75, 3.05) is 19.6 Å². The third-order valence-corrected chi connectivity index (χ3v) is 7.07. The van der Waals surface area contributed by atoms with Gasteiger partial charge < -0.3 is 10.6 Å². The fourth-order valence-electron chi connectivity index (χ4n) is 3.01. The number of hydrogen-bond donors (Lipinski definition) is 2. The van der Waals surface area contributed by atoms with Crippen LogP contribution in [0.5, 0.6) is 0 Å². The second kappa shape index (κ2) is 7.64. The van der Waals surface area contributed by atoms with Crippen molar-refractivity contribution in [3.8, 4) is 0 Å². The fraction of sp³-hybridized carbons (Fsp3) is 0.562. The molecular weight excluding hydrogens is 336 g/mol. The Balaban J connectivity index is 2.25. The summed E-state index contributed by atoms with van der Waals surface area (Å²) in [6, 6.07) is 6.04. The van der Waals surface area contributed by atoms with Crippen LogP contribution >= 0.6 is 11.6 Å². The molecule has 0 bridgehead atoms. The molecule has 2 rings (SSSR count). The van der Waals surface area contributed by atoms with Crippen LogP contribution in [0.4, 0.5) is 0 Å². The summed E-state index contributed by atoms with van der Waals surface area (Å²) in [5.74, 6) is -0.386. The van der Waals surface area contributed by atoms with Crippen LogP contribution in [-0.2, 0) is 14.6 Å². The van der Waals surface area contributed by atoms with Crippen LogP contribution in [0, 0.1) is 0 Å². The Bertz CT molecular complexity index is 638. The third kappa shape index (κ3) is 3.70. The lowest BCUT2D eigenvalue weighted by Crippen LogP contribution is -2.51. The van der Waals surface area contributed by atoms with Gasteiger partial charge in [0.1, 0.15) is 0 Å². The molecule has 0 spiro atoms. The number of amides is 1. The summed E-state index contributed by atoms with van der Waals surface area (Å²) in [5.41, 5.74) is 0. The van der Waals surface area contributed by atoms with E-state index in [2.05, 4.69) is 10.6 Å². The number of carbonyl (C=O) groups excluding carboxylic acids is 1. The van der Waals surface area contributed by atoms with Crippen LogP contribution < -0.4 is 10.6 Å². The maximum atomic E-state index is 13.1. The monoisotopic (exact) mass is 358 g/mol. The van der Waals surface area contributed by atoms with Crippen LogP contribution in [0.15, 0.2) is 29.2 Å². The number of rotatable bonds is 7. The van der Waals surface area contributed by atoms with E-state index >= 15 is 0 Å². The molecule has 0 aliphatic heterocycles. The van der Waals surface area contributed by atoms with E-state index in [9.17, 15) is 13.2 Å². The standard InChI is InChI=1S/C16H23ClN2O3S/c1-2-18-11-12-19-15(20)16(9-3-4-10-16)23(21,22)14-7-5-13(17)6-8-14/h5-8,18H,2-4,9-12H2,1H3,(H,19,20). The zero-order chi connectivity index (χ0) is 16.9. The Morgan fingerprint density at radius 3 is 2.35 bits per heavy atom. The first-order chi connectivity index (χ1) is 10.9. The molecule has 0 radical (unpaired) electrons. The van der Waals surface area contributed by atoms with Gasteiger partial charge in [0, 0.05) is 18.1 Å². The quantitative estimate of drug-likeness (QED) is 0.732. The summed E-state index contributed by atoms with van der Waals surface area (Å²) in [6.45, 7) is 3.83. The van der Waals surface area contributed by atoms with Crippen molar-refractivity contribution in [1.29, 1.82) is 0 Å². The molecule has 7 heteroatoms.